The Bertz CT molecular complexity index is 947. The molecule has 0 aromatic heterocycles. The Morgan fingerprint density at radius 2 is 0.705 bits per heavy atom. The molecule has 1 amide bonds. The standard InChI is InChI=1S/C56H107NO4/c1-3-5-7-9-11-13-14-15-16-17-18-19-20-21-22-23-24-25-26-27-28-29-30-31-32-33-34-35-36-37-38-39-40-42-43-45-47-49-53(59)51-56(61)57-54(52-58)55(60)50-48-46-44-41-12-10-8-6-4-2/h12,27-28,41,48,50,53-55,58-60H,3-11,13-26,29-40,42-47,49,51-52H2,1-2H3,(H,57,61)/b28-27-,41-12+,50-48+. The zero-order valence-corrected chi connectivity index (χ0v) is 41.1. The minimum Gasteiger partial charge on any atom is -0.394 e. The molecule has 360 valence electrons. The van der Waals surface area contributed by atoms with E-state index >= 15 is 0 Å². The summed E-state index contributed by atoms with van der Waals surface area (Å²) < 4.78 is 0. The number of rotatable bonds is 50. The first-order valence-electron chi connectivity index (χ1n) is 27.3. The van der Waals surface area contributed by atoms with Gasteiger partial charge in [0.05, 0.1) is 31.3 Å². The molecule has 3 unspecified atom stereocenters. The van der Waals surface area contributed by atoms with Gasteiger partial charge in [-0.15, -0.1) is 0 Å². The topological polar surface area (TPSA) is 89.8 Å². The van der Waals surface area contributed by atoms with E-state index in [1.54, 1.807) is 6.08 Å². The number of allylic oxidation sites excluding steroid dienone is 5. The maximum Gasteiger partial charge on any atom is 0.222 e. The molecule has 61 heavy (non-hydrogen) atoms. The molecule has 0 aliphatic heterocycles. The summed E-state index contributed by atoms with van der Waals surface area (Å²) in [5.41, 5.74) is 0. The van der Waals surface area contributed by atoms with E-state index in [0.29, 0.717) is 6.42 Å². The number of nitrogens with one attached hydrogen (secondary N) is 1. The maximum atomic E-state index is 12.4. The second kappa shape index (κ2) is 51.2. The van der Waals surface area contributed by atoms with Gasteiger partial charge in [0.15, 0.2) is 0 Å². The first kappa shape index (κ1) is 59.6. The summed E-state index contributed by atoms with van der Waals surface area (Å²) >= 11 is 0. The maximum absolute atomic E-state index is 12.4. The lowest BCUT2D eigenvalue weighted by molar-refractivity contribution is -0.124. The fourth-order valence-corrected chi connectivity index (χ4v) is 8.47. The van der Waals surface area contributed by atoms with E-state index in [1.807, 2.05) is 6.08 Å². The highest BCUT2D eigenvalue weighted by molar-refractivity contribution is 5.76. The van der Waals surface area contributed by atoms with Gasteiger partial charge in [0, 0.05) is 0 Å². The second-order valence-electron chi connectivity index (χ2n) is 18.8. The number of amides is 1. The summed E-state index contributed by atoms with van der Waals surface area (Å²) in [6.45, 7) is 4.16. The van der Waals surface area contributed by atoms with Gasteiger partial charge < -0.3 is 20.6 Å². The van der Waals surface area contributed by atoms with E-state index in [9.17, 15) is 20.1 Å². The quantitative estimate of drug-likeness (QED) is 0.0362. The Kier molecular flexibility index (Phi) is 50.0. The van der Waals surface area contributed by atoms with E-state index in [0.717, 1.165) is 32.1 Å². The van der Waals surface area contributed by atoms with E-state index in [1.165, 1.54) is 231 Å². The van der Waals surface area contributed by atoms with Crippen LogP contribution in [0.2, 0.25) is 0 Å². The SMILES string of the molecule is CCCCC/C=C/CC/C=C/C(O)C(CO)NC(=O)CC(O)CCCCCCCCCCCCCCCCC/C=C\CCCCCCCCCCCCCCCCCCCC. The molecule has 3 atom stereocenters. The molecular weight excluding hydrogens is 751 g/mol. The molecule has 5 heteroatoms. The van der Waals surface area contributed by atoms with E-state index < -0.39 is 18.2 Å². The van der Waals surface area contributed by atoms with Crippen LogP contribution in [0.5, 0.6) is 0 Å². The van der Waals surface area contributed by atoms with Crippen molar-refractivity contribution in [2.24, 2.45) is 0 Å². The molecule has 0 aromatic carbocycles. The summed E-state index contributed by atoms with van der Waals surface area (Å²) in [6, 6.07) is -0.758. The van der Waals surface area contributed by atoms with E-state index in [-0.39, 0.29) is 18.9 Å². The third-order valence-corrected chi connectivity index (χ3v) is 12.6. The highest BCUT2D eigenvalue weighted by atomic mass is 16.3. The lowest BCUT2D eigenvalue weighted by Gasteiger charge is -2.21. The van der Waals surface area contributed by atoms with Gasteiger partial charge >= 0.3 is 0 Å². The van der Waals surface area contributed by atoms with Crippen LogP contribution < -0.4 is 5.32 Å². The van der Waals surface area contributed by atoms with Crippen molar-refractivity contribution in [3.05, 3.63) is 36.5 Å². The summed E-state index contributed by atoms with van der Waals surface area (Å²) in [6.07, 6.45) is 66.6. The third-order valence-electron chi connectivity index (χ3n) is 12.6. The summed E-state index contributed by atoms with van der Waals surface area (Å²) in [7, 11) is 0. The number of carbonyl (C=O) groups is 1. The molecule has 0 heterocycles. The van der Waals surface area contributed by atoms with Crippen LogP contribution in [0.25, 0.3) is 0 Å². The molecule has 0 radical (unpaired) electrons. The highest BCUT2D eigenvalue weighted by Gasteiger charge is 2.20. The number of aliphatic hydroxyl groups excluding tert-OH is 3. The van der Waals surface area contributed by atoms with E-state index in [2.05, 4.69) is 43.5 Å². The molecule has 0 aliphatic carbocycles. The largest absolute Gasteiger partial charge is 0.394 e. The van der Waals surface area contributed by atoms with Crippen molar-refractivity contribution < 1.29 is 20.1 Å². The number of hydrogen-bond acceptors (Lipinski definition) is 4. The van der Waals surface area contributed by atoms with Gasteiger partial charge in [0.2, 0.25) is 5.91 Å². The molecule has 0 bridgehead atoms. The van der Waals surface area contributed by atoms with Crippen molar-refractivity contribution in [1.82, 2.24) is 5.32 Å². The monoisotopic (exact) mass is 858 g/mol. The second-order valence-corrected chi connectivity index (χ2v) is 18.8. The molecule has 0 saturated carbocycles. The first-order valence-corrected chi connectivity index (χ1v) is 27.3. The van der Waals surface area contributed by atoms with Gasteiger partial charge in [0.25, 0.3) is 0 Å². The predicted molar refractivity (Wildman–Crippen MR) is 268 cm³/mol. The number of carbonyl (C=O) groups excluding carboxylic acids is 1. The van der Waals surface area contributed by atoms with Crippen molar-refractivity contribution in [1.29, 1.82) is 0 Å². The van der Waals surface area contributed by atoms with Crippen molar-refractivity contribution in [3.8, 4) is 0 Å². The predicted octanol–water partition coefficient (Wildman–Crippen LogP) is 16.7. The Hall–Kier alpha value is -1.43. The number of aliphatic hydroxyl groups is 3. The van der Waals surface area contributed by atoms with Gasteiger partial charge in [-0.05, 0) is 57.8 Å². The molecule has 5 nitrogen and oxygen atoms in total. The van der Waals surface area contributed by atoms with Crippen LogP contribution in [0, 0.1) is 0 Å². The summed E-state index contributed by atoms with van der Waals surface area (Å²) in [5.74, 6) is -0.326. The minimum absolute atomic E-state index is 0.00700. The van der Waals surface area contributed by atoms with Crippen LogP contribution in [-0.4, -0.2) is 46.1 Å². The molecule has 0 aliphatic rings. The smallest absolute Gasteiger partial charge is 0.222 e. The molecule has 0 spiro atoms. The van der Waals surface area contributed by atoms with Gasteiger partial charge in [-0.25, -0.2) is 0 Å². The molecule has 4 N–H and O–H groups in total. The Labute approximate surface area is 381 Å². The van der Waals surface area contributed by atoms with Crippen molar-refractivity contribution in [3.63, 3.8) is 0 Å². The van der Waals surface area contributed by atoms with Gasteiger partial charge in [-0.3, -0.25) is 4.79 Å². The van der Waals surface area contributed by atoms with Crippen LogP contribution in [0.4, 0.5) is 0 Å². The molecule has 0 rings (SSSR count). The van der Waals surface area contributed by atoms with Crippen LogP contribution in [0.3, 0.4) is 0 Å². The third kappa shape index (κ3) is 47.9. The van der Waals surface area contributed by atoms with Crippen molar-refractivity contribution in [2.75, 3.05) is 6.61 Å². The zero-order valence-electron chi connectivity index (χ0n) is 41.1. The Balaban J connectivity index is 3.42. The molecule has 0 aromatic rings. The Morgan fingerprint density at radius 3 is 1.08 bits per heavy atom. The van der Waals surface area contributed by atoms with E-state index in [4.69, 9.17) is 0 Å². The average molecular weight is 858 g/mol. The van der Waals surface area contributed by atoms with Crippen LogP contribution in [0.1, 0.15) is 290 Å². The van der Waals surface area contributed by atoms with Crippen molar-refractivity contribution in [2.45, 2.75) is 308 Å². The first-order chi connectivity index (χ1) is 30.0. The fourth-order valence-electron chi connectivity index (χ4n) is 8.47. The van der Waals surface area contributed by atoms with Crippen molar-refractivity contribution >= 4 is 5.91 Å². The minimum atomic E-state index is -0.949. The lowest BCUT2D eigenvalue weighted by atomic mass is 10.0. The van der Waals surface area contributed by atoms with Crippen LogP contribution in [-0.2, 0) is 4.79 Å². The van der Waals surface area contributed by atoms with Crippen LogP contribution in [0.15, 0.2) is 36.5 Å². The average Bonchev–Trinajstić information content (AvgIpc) is 3.25. The number of hydrogen-bond donors (Lipinski definition) is 4. The fraction of sp³-hybridized carbons (Fsp3) is 0.875. The van der Waals surface area contributed by atoms with Gasteiger partial charge in [-0.2, -0.15) is 0 Å². The zero-order chi connectivity index (χ0) is 44.4. The normalized spacial score (nSPS) is 13.6. The summed E-state index contributed by atoms with van der Waals surface area (Å²) in [5, 5.41) is 33.1. The highest BCUT2D eigenvalue weighted by Crippen LogP contribution is 2.17. The van der Waals surface area contributed by atoms with Gasteiger partial charge in [-0.1, -0.05) is 262 Å². The molecule has 0 saturated heterocycles. The number of unbranched alkanes of at least 4 members (excludes halogenated alkanes) is 37. The molecular formula is C56H107NO4. The van der Waals surface area contributed by atoms with Crippen LogP contribution >= 0.6 is 0 Å². The molecule has 0 fully saturated rings. The lowest BCUT2D eigenvalue weighted by Crippen LogP contribution is -2.45. The Morgan fingerprint density at radius 1 is 0.410 bits per heavy atom. The van der Waals surface area contributed by atoms with Gasteiger partial charge in [0.1, 0.15) is 0 Å². The summed E-state index contributed by atoms with van der Waals surface area (Å²) in [4.78, 5) is 12.4.